The molecule has 1 atom stereocenters. The van der Waals surface area contributed by atoms with Crippen LogP contribution < -0.4 is 5.32 Å². The molecule has 1 N–H and O–H groups in total. The standard InChI is InChI=1S/C17H31NO/c1-16(2,13-18-14-6-7-14)12-15-8-11-17(19-15)9-4-3-5-10-17/h14-15,18H,3-13H2,1-2H3. The van der Waals surface area contributed by atoms with E-state index in [0.717, 1.165) is 12.6 Å². The molecule has 1 unspecified atom stereocenters. The summed E-state index contributed by atoms with van der Waals surface area (Å²) in [6.45, 7) is 5.96. The van der Waals surface area contributed by atoms with E-state index in [2.05, 4.69) is 19.2 Å². The van der Waals surface area contributed by atoms with Gasteiger partial charge < -0.3 is 10.1 Å². The highest BCUT2D eigenvalue weighted by atomic mass is 16.5. The Morgan fingerprint density at radius 1 is 1.05 bits per heavy atom. The highest BCUT2D eigenvalue weighted by Gasteiger charge is 2.42. The Morgan fingerprint density at radius 3 is 2.47 bits per heavy atom. The molecule has 110 valence electrons. The maximum Gasteiger partial charge on any atom is 0.0687 e. The first-order valence-corrected chi connectivity index (χ1v) is 8.48. The molecule has 0 radical (unpaired) electrons. The van der Waals surface area contributed by atoms with Crippen molar-refractivity contribution < 1.29 is 4.74 Å². The van der Waals surface area contributed by atoms with Gasteiger partial charge in [0.05, 0.1) is 11.7 Å². The Balaban J connectivity index is 1.47. The number of rotatable bonds is 5. The van der Waals surface area contributed by atoms with Crippen LogP contribution in [-0.2, 0) is 4.74 Å². The van der Waals surface area contributed by atoms with Gasteiger partial charge in [-0.05, 0) is 50.4 Å². The van der Waals surface area contributed by atoms with E-state index in [9.17, 15) is 0 Å². The third-order valence-electron chi connectivity index (χ3n) is 5.33. The average Bonchev–Trinajstić information content (AvgIpc) is 3.13. The fourth-order valence-corrected chi connectivity index (χ4v) is 4.00. The van der Waals surface area contributed by atoms with Crippen molar-refractivity contribution in [3.05, 3.63) is 0 Å². The predicted octanol–water partition coefficient (Wildman–Crippen LogP) is 4.04. The monoisotopic (exact) mass is 265 g/mol. The molecule has 0 aromatic rings. The lowest BCUT2D eigenvalue weighted by Gasteiger charge is -2.35. The highest BCUT2D eigenvalue weighted by molar-refractivity contribution is 4.93. The minimum Gasteiger partial charge on any atom is -0.372 e. The molecule has 1 spiro atoms. The Bertz CT molecular complexity index is 302. The van der Waals surface area contributed by atoms with Crippen molar-refractivity contribution in [1.82, 2.24) is 5.32 Å². The second-order valence-corrected chi connectivity index (χ2v) is 8.05. The molecule has 1 saturated heterocycles. The van der Waals surface area contributed by atoms with E-state index in [4.69, 9.17) is 4.74 Å². The normalized spacial score (nSPS) is 30.9. The number of ether oxygens (including phenoxy) is 1. The fourth-order valence-electron chi connectivity index (χ4n) is 4.00. The van der Waals surface area contributed by atoms with Crippen molar-refractivity contribution in [2.24, 2.45) is 5.41 Å². The topological polar surface area (TPSA) is 21.3 Å². The molecule has 1 heterocycles. The number of hydrogen-bond acceptors (Lipinski definition) is 2. The molecule has 19 heavy (non-hydrogen) atoms. The van der Waals surface area contributed by atoms with Crippen LogP contribution in [0.1, 0.15) is 78.1 Å². The second kappa shape index (κ2) is 5.37. The zero-order valence-electron chi connectivity index (χ0n) is 12.8. The van der Waals surface area contributed by atoms with Crippen molar-refractivity contribution in [3.8, 4) is 0 Å². The van der Waals surface area contributed by atoms with Gasteiger partial charge in [0.15, 0.2) is 0 Å². The smallest absolute Gasteiger partial charge is 0.0687 e. The summed E-state index contributed by atoms with van der Waals surface area (Å²) >= 11 is 0. The van der Waals surface area contributed by atoms with E-state index in [0.29, 0.717) is 17.1 Å². The molecule has 0 aromatic heterocycles. The van der Waals surface area contributed by atoms with Crippen LogP contribution in [0.5, 0.6) is 0 Å². The van der Waals surface area contributed by atoms with Gasteiger partial charge in [-0.3, -0.25) is 0 Å². The lowest BCUT2D eigenvalue weighted by molar-refractivity contribution is -0.0745. The summed E-state index contributed by atoms with van der Waals surface area (Å²) in [7, 11) is 0. The van der Waals surface area contributed by atoms with Gasteiger partial charge in [-0.2, -0.15) is 0 Å². The summed E-state index contributed by atoms with van der Waals surface area (Å²) in [6.07, 6.45) is 14.0. The Morgan fingerprint density at radius 2 is 1.79 bits per heavy atom. The molecule has 3 aliphatic rings. The quantitative estimate of drug-likeness (QED) is 0.810. The van der Waals surface area contributed by atoms with Crippen molar-refractivity contribution in [2.75, 3.05) is 6.54 Å². The van der Waals surface area contributed by atoms with Gasteiger partial charge in [-0.1, -0.05) is 33.1 Å². The third-order valence-corrected chi connectivity index (χ3v) is 5.33. The molecule has 0 bridgehead atoms. The van der Waals surface area contributed by atoms with Gasteiger partial charge >= 0.3 is 0 Å². The van der Waals surface area contributed by atoms with Crippen LogP contribution in [0.15, 0.2) is 0 Å². The van der Waals surface area contributed by atoms with Gasteiger partial charge in [-0.15, -0.1) is 0 Å². The summed E-state index contributed by atoms with van der Waals surface area (Å²) in [5.74, 6) is 0. The van der Waals surface area contributed by atoms with E-state index in [1.165, 1.54) is 64.2 Å². The average molecular weight is 265 g/mol. The van der Waals surface area contributed by atoms with Crippen molar-refractivity contribution in [3.63, 3.8) is 0 Å². The number of hydrogen-bond donors (Lipinski definition) is 1. The van der Waals surface area contributed by atoms with E-state index >= 15 is 0 Å². The highest BCUT2D eigenvalue weighted by Crippen LogP contribution is 2.44. The molecule has 0 amide bonds. The minimum absolute atomic E-state index is 0.295. The van der Waals surface area contributed by atoms with Gasteiger partial charge in [0.25, 0.3) is 0 Å². The number of nitrogens with one attached hydrogen (secondary N) is 1. The van der Waals surface area contributed by atoms with Crippen LogP contribution in [0.2, 0.25) is 0 Å². The van der Waals surface area contributed by atoms with Gasteiger partial charge in [-0.25, -0.2) is 0 Å². The molecular weight excluding hydrogens is 234 g/mol. The zero-order valence-corrected chi connectivity index (χ0v) is 12.8. The van der Waals surface area contributed by atoms with Crippen LogP contribution in [0.4, 0.5) is 0 Å². The van der Waals surface area contributed by atoms with Crippen LogP contribution in [0.25, 0.3) is 0 Å². The lowest BCUT2D eigenvalue weighted by atomic mass is 9.82. The first kappa shape index (κ1) is 13.9. The summed E-state index contributed by atoms with van der Waals surface area (Å²) in [5.41, 5.74) is 0.677. The third kappa shape index (κ3) is 3.72. The van der Waals surface area contributed by atoms with Crippen LogP contribution in [-0.4, -0.2) is 24.3 Å². The van der Waals surface area contributed by atoms with Gasteiger partial charge in [0.2, 0.25) is 0 Å². The van der Waals surface area contributed by atoms with E-state index in [1.54, 1.807) is 0 Å². The minimum atomic E-state index is 0.295. The fraction of sp³-hybridized carbons (Fsp3) is 1.00. The molecule has 3 rings (SSSR count). The van der Waals surface area contributed by atoms with E-state index in [1.807, 2.05) is 0 Å². The van der Waals surface area contributed by atoms with Crippen LogP contribution in [0, 0.1) is 5.41 Å². The van der Waals surface area contributed by atoms with E-state index < -0.39 is 0 Å². The van der Waals surface area contributed by atoms with Crippen molar-refractivity contribution >= 4 is 0 Å². The lowest BCUT2D eigenvalue weighted by Crippen LogP contribution is -2.36. The summed E-state index contributed by atoms with van der Waals surface area (Å²) in [4.78, 5) is 0. The maximum absolute atomic E-state index is 6.52. The molecule has 2 heteroatoms. The predicted molar refractivity (Wildman–Crippen MR) is 79.3 cm³/mol. The van der Waals surface area contributed by atoms with Crippen LogP contribution in [0.3, 0.4) is 0 Å². The Kier molecular flexibility index (Phi) is 3.92. The first-order chi connectivity index (χ1) is 9.07. The van der Waals surface area contributed by atoms with Gasteiger partial charge in [0, 0.05) is 12.6 Å². The summed E-state index contributed by atoms with van der Waals surface area (Å²) < 4.78 is 6.52. The largest absolute Gasteiger partial charge is 0.372 e. The molecule has 2 aliphatic carbocycles. The zero-order chi connectivity index (χ0) is 13.3. The second-order valence-electron chi connectivity index (χ2n) is 8.05. The molecule has 2 saturated carbocycles. The Hall–Kier alpha value is -0.0800. The Labute approximate surface area is 118 Å². The molecule has 2 nitrogen and oxygen atoms in total. The van der Waals surface area contributed by atoms with Crippen molar-refractivity contribution in [1.29, 1.82) is 0 Å². The SMILES string of the molecule is CC(C)(CNC1CC1)CC1CCC2(CCCCC2)O1. The molecule has 3 fully saturated rings. The summed E-state index contributed by atoms with van der Waals surface area (Å²) in [5, 5.41) is 3.69. The van der Waals surface area contributed by atoms with Gasteiger partial charge in [0.1, 0.15) is 0 Å². The van der Waals surface area contributed by atoms with E-state index in [-0.39, 0.29) is 0 Å². The molecule has 1 aliphatic heterocycles. The molecule has 0 aromatic carbocycles. The van der Waals surface area contributed by atoms with Crippen LogP contribution >= 0.6 is 0 Å². The molecular formula is C17H31NO. The summed E-state index contributed by atoms with van der Waals surface area (Å²) in [6, 6.07) is 0.827. The first-order valence-electron chi connectivity index (χ1n) is 8.48. The van der Waals surface area contributed by atoms with Crippen molar-refractivity contribution in [2.45, 2.75) is 95.8 Å². The maximum atomic E-state index is 6.52.